The molecule has 0 unspecified atom stereocenters. The number of pyridine rings is 2. The quantitative estimate of drug-likeness (QED) is 0.748. The summed E-state index contributed by atoms with van der Waals surface area (Å²) in [6.07, 6.45) is 3.22. The highest BCUT2D eigenvalue weighted by atomic mass is 32.2. The van der Waals surface area contributed by atoms with Crippen LogP contribution >= 0.6 is 0 Å². The van der Waals surface area contributed by atoms with Crippen LogP contribution in [0.15, 0.2) is 35.5 Å². The molecule has 0 atom stereocenters. The maximum absolute atomic E-state index is 12.6. The number of ether oxygens (including phenoxy) is 1. The fraction of sp³-hybridized carbons (Fsp3) is 0.333. The minimum absolute atomic E-state index is 0.0976. The highest BCUT2D eigenvalue weighted by molar-refractivity contribution is 7.90. The first-order valence-electron chi connectivity index (χ1n) is 6.62. The molecule has 21 heavy (non-hydrogen) atoms. The molecule has 0 bridgehead atoms. The van der Waals surface area contributed by atoms with Gasteiger partial charge in [-0.3, -0.25) is 0 Å². The lowest BCUT2D eigenvalue weighted by Gasteiger charge is -2.19. The molecule has 0 amide bonds. The van der Waals surface area contributed by atoms with E-state index in [2.05, 4.69) is 9.97 Å². The van der Waals surface area contributed by atoms with E-state index >= 15 is 0 Å². The van der Waals surface area contributed by atoms with Gasteiger partial charge < -0.3 is 4.74 Å². The van der Waals surface area contributed by atoms with Gasteiger partial charge in [0.25, 0.3) is 0 Å². The Balaban J connectivity index is 2.21. The van der Waals surface area contributed by atoms with Crippen molar-refractivity contribution in [2.24, 2.45) is 0 Å². The van der Waals surface area contributed by atoms with Crippen molar-refractivity contribution in [3.8, 4) is 11.8 Å². The monoisotopic (exact) mass is 304 g/mol. The lowest BCUT2D eigenvalue weighted by molar-refractivity contribution is 0.428. The zero-order valence-electron chi connectivity index (χ0n) is 12.1. The summed E-state index contributed by atoms with van der Waals surface area (Å²) in [5.41, 5.74) is 1.22. The van der Waals surface area contributed by atoms with Crippen LogP contribution in [0.2, 0.25) is 0 Å². The molecule has 1 aliphatic rings. The van der Waals surface area contributed by atoms with Crippen LogP contribution in [0.1, 0.15) is 31.9 Å². The van der Waals surface area contributed by atoms with E-state index in [0.717, 1.165) is 5.56 Å². The van der Waals surface area contributed by atoms with Gasteiger partial charge >= 0.3 is 0 Å². The first-order valence-corrected chi connectivity index (χ1v) is 8.28. The first kappa shape index (κ1) is 14.0. The molecule has 0 fully saturated rings. The standard InChI is InChI=1S/C15H16N2O3S/c1-15(2,3)11-7-12-14(17-8-11)20-13-10(5-4-6-16-13)9-21(12,18)19/h4-8H,9H2,1-3H3. The van der Waals surface area contributed by atoms with Crippen LogP contribution in [0.4, 0.5) is 0 Å². The third-order valence-electron chi connectivity index (χ3n) is 3.41. The molecule has 0 saturated carbocycles. The minimum atomic E-state index is -3.50. The lowest BCUT2D eigenvalue weighted by atomic mass is 9.88. The average molecular weight is 304 g/mol. The zero-order valence-corrected chi connectivity index (χ0v) is 12.9. The molecule has 6 heteroatoms. The Morgan fingerprint density at radius 3 is 2.67 bits per heavy atom. The fourth-order valence-electron chi connectivity index (χ4n) is 2.14. The summed E-state index contributed by atoms with van der Waals surface area (Å²) < 4.78 is 30.8. The fourth-order valence-corrected chi connectivity index (χ4v) is 3.59. The van der Waals surface area contributed by atoms with E-state index in [1.807, 2.05) is 20.8 Å². The van der Waals surface area contributed by atoms with Gasteiger partial charge in [-0.1, -0.05) is 26.8 Å². The topological polar surface area (TPSA) is 69.2 Å². The maximum Gasteiger partial charge on any atom is 0.240 e. The molecule has 1 aliphatic heterocycles. The van der Waals surface area contributed by atoms with Crippen molar-refractivity contribution in [1.29, 1.82) is 0 Å². The van der Waals surface area contributed by atoms with E-state index in [1.165, 1.54) is 0 Å². The maximum atomic E-state index is 12.6. The highest BCUT2D eigenvalue weighted by Gasteiger charge is 2.30. The molecule has 0 saturated heterocycles. The number of nitrogens with zero attached hydrogens (tertiary/aromatic N) is 2. The summed E-state index contributed by atoms with van der Waals surface area (Å²) in [6.45, 7) is 6.03. The Bertz CT molecular complexity index is 808. The Hall–Kier alpha value is -1.95. The second-order valence-electron chi connectivity index (χ2n) is 6.11. The average Bonchev–Trinajstić information content (AvgIpc) is 2.50. The highest BCUT2D eigenvalue weighted by Crippen LogP contribution is 2.36. The molecule has 2 aromatic heterocycles. The van der Waals surface area contributed by atoms with Crippen molar-refractivity contribution in [2.75, 3.05) is 0 Å². The van der Waals surface area contributed by atoms with E-state index in [1.54, 1.807) is 30.6 Å². The molecule has 3 heterocycles. The van der Waals surface area contributed by atoms with Gasteiger partial charge in [-0.15, -0.1) is 0 Å². The van der Waals surface area contributed by atoms with Crippen molar-refractivity contribution < 1.29 is 13.2 Å². The first-order chi connectivity index (χ1) is 9.77. The second kappa shape index (κ2) is 4.53. The van der Waals surface area contributed by atoms with E-state index in [4.69, 9.17) is 4.74 Å². The van der Waals surface area contributed by atoms with Crippen molar-refractivity contribution in [1.82, 2.24) is 9.97 Å². The number of aromatic nitrogens is 2. The molecule has 3 rings (SSSR count). The van der Waals surface area contributed by atoms with Crippen LogP contribution in [0.25, 0.3) is 0 Å². The number of hydrogen-bond donors (Lipinski definition) is 0. The van der Waals surface area contributed by atoms with Gasteiger partial charge in [-0.25, -0.2) is 18.4 Å². The van der Waals surface area contributed by atoms with E-state index in [9.17, 15) is 8.42 Å². The summed E-state index contributed by atoms with van der Waals surface area (Å²) >= 11 is 0. The molecule has 2 aromatic rings. The largest absolute Gasteiger partial charge is 0.419 e. The predicted octanol–water partition coefficient (Wildman–Crippen LogP) is 2.85. The predicted molar refractivity (Wildman–Crippen MR) is 78.1 cm³/mol. The molecule has 0 radical (unpaired) electrons. The molecule has 110 valence electrons. The van der Waals surface area contributed by atoms with Crippen molar-refractivity contribution in [2.45, 2.75) is 36.8 Å². The number of fused-ring (bicyclic) bond motifs is 2. The molecular weight excluding hydrogens is 288 g/mol. The van der Waals surface area contributed by atoms with Crippen molar-refractivity contribution in [3.63, 3.8) is 0 Å². The van der Waals surface area contributed by atoms with Crippen LogP contribution < -0.4 is 4.74 Å². The van der Waals surface area contributed by atoms with Crippen LogP contribution in [-0.4, -0.2) is 18.4 Å². The SMILES string of the molecule is CC(C)(C)c1cnc2c(c1)S(=O)(=O)Cc1cccnc1O2. The van der Waals surface area contributed by atoms with Gasteiger partial charge in [-0.05, 0) is 23.1 Å². The molecule has 0 N–H and O–H groups in total. The van der Waals surface area contributed by atoms with E-state index < -0.39 is 9.84 Å². The van der Waals surface area contributed by atoms with Crippen LogP contribution in [0, 0.1) is 0 Å². The van der Waals surface area contributed by atoms with E-state index in [0.29, 0.717) is 11.4 Å². The molecular formula is C15H16N2O3S. The Morgan fingerprint density at radius 2 is 1.95 bits per heavy atom. The number of hydrogen-bond acceptors (Lipinski definition) is 5. The molecule has 0 aliphatic carbocycles. The summed E-state index contributed by atoms with van der Waals surface area (Å²) in [5, 5.41) is 0. The summed E-state index contributed by atoms with van der Waals surface area (Å²) in [4.78, 5) is 8.42. The van der Waals surface area contributed by atoms with E-state index in [-0.39, 0.29) is 21.9 Å². The minimum Gasteiger partial charge on any atom is -0.419 e. The Kier molecular flexibility index (Phi) is 3.02. The summed E-state index contributed by atoms with van der Waals surface area (Å²) in [6, 6.07) is 5.06. The van der Waals surface area contributed by atoms with Gasteiger partial charge in [0, 0.05) is 18.0 Å². The van der Waals surface area contributed by atoms with Gasteiger partial charge in [0.05, 0.1) is 5.75 Å². The number of sulfone groups is 1. The smallest absolute Gasteiger partial charge is 0.240 e. The van der Waals surface area contributed by atoms with Crippen LogP contribution in [-0.2, 0) is 21.0 Å². The van der Waals surface area contributed by atoms with Gasteiger partial charge in [0.1, 0.15) is 4.90 Å². The molecule has 0 spiro atoms. The van der Waals surface area contributed by atoms with Gasteiger partial charge in [0.2, 0.25) is 11.8 Å². The third-order valence-corrected chi connectivity index (χ3v) is 5.06. The number of rotatable bonds is 0. The Morgan fingerprint density at radius 1 is 1.19 bits per heavy atom. The van der Waals surface area contributed by atoms with Crippen molar-refractivity contribution >= 4 is 9.84 Å². The normalized spacial score (nSPS) is 16.3. The third kappa shape index (κ3) is 2.51. The van der Waals surface area contributed by atoms with Crippen LogP contribution in [0.3, 0.4) is 0 Å². The zero-order chi connectivity index (χ0) is 15.3. The lowest BCUT2D eigenvalue weighted by Crippen LogP contribution is -2.13. The Labute approximate surface area is 123 Å². The van der Waals surface area contributed by atoms with Gasteiger partial charge in [-0.2, -0.15) is 0 Å². The molecule has 0 aromatic carbocycles. The van der Waals surface area contributed by atoms with Crippen molar-refractivity contribution in [3.05, 3.63) is 41.7 Å². The summed E-state index contributed by atoms with van der Waals surface area (Å²) in [7, 11) is -3.50. The van der Waals surface area contributed by atoms with Gasteiger partial charge in [0.15, 0.2) is 9.84 Å². The second-order valence-corrected chi connectivity index (χ2v) is 8.06. The molecule has 5 nitrogen and oxygen atoms in total. The summed E-state index contributed by atoms with van der Waals surface area (Å²) in [5.74, 6) is 0.273. The van der Waals surface area contributed by atoms with Crippen LogP contribution in [0.5, 0.6) is 11.8 Å².